The summed E-state index contributed by atoms with van der Waals surface area (Å²) in [5.41, 5.74) is 0. The van der Waals surface area contributed by atoms with Crippen LogP contribution in [0.15, 0.2) is 12.0 Å². The van der Waals surface area contributed by atoms with Gasteiger partial charge in [-0.15, -0.1) is 0 Å². The molecule has 2 fully saturated rings. The van der Waals surface area contributed by atoms with Crippen LogP contribution in [0.3, 0.4) is 0 Å². The van der Waals surface area contributed by atoms with Gasteiger partial charge in [0.25, 0.3) is 0 Å². The number of aliphatic hydroxyl groups is 3. The van der Waals surface area contributed by atoms with Crippen molar-refractivity contribution in [2.75, 3.05) is 33.0 Å². The quantitative estimate of drug-likeness (QED) is 0.318. The Hall–Kier alpha value is -0.700. The monoisotopic (exact) mass is 488 g/mol. The zero-order chi connectivity index (χ0) is 22.4. The molecular formula is C14H24Cl2F6O7. The molecule has 0 radical (unpaired) electrons. The van der Waals surface area contributed by atoms with Crippen LogP contribution in [0.25, 0.3) is 0 Å². The van der Waals surface area contributed by atoms with Gasteiger partial charge in [0.05, 0.1) is 13.2 Å². The first-order valence-corrected chi connectivity index (χ1v) is 8.17. The molecule has 2 aliphatic heterocycles. The minimum atomic E-state index is -3.92. The molecule has 0 aliphatic carbocycles. The molecule has 3 N–H and O–H groups in total. The normalized spacial score (nSPS) is 16.1. The van der Waals surface area contributed by atoms with E-state index in [1.807, 2.05) is 6.92 Å². The lowest BCUT2D eigenvalue weighted by molar-refractivity contribution is -0.162. The molecule has 0 bridgehead atoms. The van der Waals surface area contributed by atoms with Gasteiger partial charge in [-0.05, 0) is 29.6 Å². The summed E-state index contributed by atoms with van der Waals surface area (Å²) in [6, 6.07) is 0. The molecule has 29 heavy (non-hydrogen) atoms. The van der Waals surface area contributed by atoms with E-state index in [9.17, 15) is 26.3 Å². The summed E-state index contributed by atoms with van der Waals surface area (Å²) >= 11 is 8.59. The van der Waals surface area contributed by atoms with E-state index in [2.05, 4.69) is 42.1 Å². The van der Waals surface area contributed by atoms with E-state index in [1.54, 1.807) is 0 Å². The highest BCUT2D eigenvalue weighted by atomic mass is 35.5. The van der Waals surface area contributed by atoms with Gasteiger partial charge in [-0.2, -0.15) is 26.3 Å². The lowest BCUT2D eigenvalue weighted by atomic mass is 10.5. The van der Waals surface area contributed by atoms with Crippen LogP contribution >= 0.6 is 23.2 Å². The highest BCUT2D eigenvalue weighted by molar-refractivity contribution is 6.22. The van der Waals surface area contributed by atoms with Crippen molar-refractivity contribution in [2.45, 2.75) is 44.1 Å². The Kier molecular flexibility index (Phi) is 19.3. The fraction of sp³-hybridized carbons (Fsp3) is 0.857. The Balaban J connectivity index is -0.000000318. The van der Waals surface area contributed by atoms with E-state index < -0.39 is 35.4 Å². The summed E-state index contributed by atoms with van der Waals surface area (Å²) in [6.45, 7) is 3.08. The fourth-order valence-corrected chi connectivity index (χ4v) is 1.09. The average molecular weight is 489 g/mol. The van der Waals surface area contributed by atoms with Crippen molar-refractivity contribution in [1.29, 1.82) is 0 Å². The lowest BCUT2D eigenvalue weighted by Gasteiger charge is -2.13. The topological polar surface area (TPSA) is 97.6 Å². The molecule has 0 amide bonds. The van der Waals surface area contributed by atoms with E-state index >= 15 is 0 Å². The van der Waals surface area contributed by atoms with Gasteiger partial charge in [0.2, 0.25) is 12.6 Å². The van der Waals surface area contributed by atoms with Crippen LogP contribution < -0.4 is 0 Å². The predicted molar refractivity (Wildman–Crippen MR) is 90.8 cm³/mol. The minimum Gasteiger partial charge on any atom is -0.458 e. The molecule has 178 valence electrons. The maximum atomic E-state index is 11.9. The van der Waals surface area contributed by atoms with Gasteiger partial charge in [-0.25, -0.2) is 0 Å². The molecule has 0 aromatic rings. The Morgan fingerprint density at radius 3 is 1.52 bits per heavy atom. The number of rotatable bonds is 3. The molecule has 2 heterocycles. The zero-order valence-corrected chi connectivity index (χ0v) is 15.9. The van der Waals surface area contributed by atoms with Gasteiger partial charge in [-0.1, -0.05) is 14.4 Å². The van der Waals surface area contributed by atoms with Crippen LogP contribution in [0.4, 0.5) is 26.3 Å². The first-order valence-electron chi connectivity index (χ1n) is 7.41. The van der Waals surface area contributed by atoms with E-state index in [0.717, 1.165) is 6.42 Å². The molecule has 0 unspecified atom stereocenters. The molecule has 15 heteroatoms. The van der Waals surface area contributed by atoms with Gasteiger partial charge in [0.1, 0.15) is 13.2 Å². The summed E-state index contributed by atoms with van der Waals surface area (Å²) in [6.07, 6.45) is -5.34. The van der Waals surface area contributed by atoms with Gasteiger partial charge in [-0.3, -0.25) is 0 Å². The lowest BCUT2D eigenvalue weighted by Crippen LogP contribution is -2.27. The molecule has 0 aromatic heterocycles. The SMILES string of the molecule is C.CCCO.FC(F)(Cl)C1OCCO1.FC(F)=C1OCCO1.OC(O)C(F)(F)Cl. The Labute approximate surface area is 173 Å². The van der Waals surface area contributed by atoms with Crippen molar-refractivity contribution >= 4 is 23.2 Å². The second-order valence-corrected chi connectivity index (χ2v) is 5.51. The van der Waals surface area contributed by atoms with Crippen molar-refractivity contribution in [3.63, 3.8) is 0 Å². The fourth-order valence-electron chi connectivity index (χ4n) is 0.967. The predicted octanol–water partition coefficient (Wildman–Crippen LogP) is 3.44. The van der Waals surface area contributed by atoms with Crippen LogP contribution in [0.1, 0.15) is 20.8 Å². The smallest absolute Gasteiger partial charge is 0.371 e. The molecule has 0 spiro atoms. The molecule has 2 aliphatic rings. The number of halogens is 8. The van der Waals surface area contributed by atoms with Crippen LogP contribution in [0.2, 0.25) is 0 Å². The molecule has 0 atom stereocenters. The maximum absolute atomic E-state index is 11.9. The van der Waals surface area contributed by atoms with Crippen LogP contribution in [-0.4, -0.2) is 71.7 Å². The number of ether oxygens (including phenoxy) is 4. The van der Waals surface area contributed by atoms with Gasteiger partial charge < -0.3 is 34.3 Å². The second kappa shape index (κ2) is 17.0. The molecule has 7 nitrogen and oxygen atoms in total. The number of hydrogen-bond acceptors (Lipinski definition) is 7. The Morgan fingerprint density at radius 2 is 1.38 bits per heavy atom. The van der Waals surface area contributed by atoms with Crippen molar-refractivity contribution in [1.82, 2.24) is 0 Å². The minimum absolute atomic E-state index is 0. The number of alkyl halides is 6. The van der Waals surface area contributed by atoms with Crippen molar-refractivity contribution in [3.05, 3.63) is 12.0 Å². The zero-order valence-electron chi connectivity index (χ0n) is 14.4. The van der Waals surface area contributed by atoms with Gasteiger partial charge >= 0.3 is 22.8 Å². The summed E-state index contributed by atoms with van der Waals surface area (Å²) < 4.78 is 86.3. The molecular weight excluding hydrogens is 465 g/mol. The molecule has 2 saturated heterocycles. The molecule has 2 rings (SSSR count). The van der Waals surface area contributed by atoms with Crippen LogP contribution in [0.5, 0.6) is 0 Å². The maximum Gasteiger partial charge on any atom is 0.371 e. The average Bonchev–Trinajstić information content (AvgIpc) is 3.28. The first-order chi connectivity index (χ1) is 12.8. The third-order valence-electron chi connectivity index (χ3n) is 2.11. The third kappa shape index (κ3) is 19.0. The summed E-state index contributed by atoms with van der Waals surface area (Å²) in [4.78, 5) is 0. The van der Waals surface area contributed by atoms with Gasteiger partial charge in [0, 0.05) is 6.61 Å². The number of aliphatic hydroxyl groups excluding tert-OH is 2. The largest absolute Gasteiger partial charge is 0.458 e. The molecule has 0 aromatic carbocycles. The van der Waals surface area contributed by atoms with Crippen LogP contribution in [0, 0.1) is 0 Å². The van der Waals surface area contributed by atoms with E-state index in [-0.39, 0.29) is 33.9 Å². The first kappa shape index (κ1) is 33.0. The Morgan fingerprint density at radius 1 is 1.03 bits per heavy atom. The Bertz CT molecular complexity index is 414. The van der Waals surface area contributed by atoms with Crippen molar-refractivity contribution in [3.8, 4) is 0 Å². The highest BCUT2D eigenvalue weighted by Gasteiger charge is 2.41. The van der Waals surface area contributed by atoms with E-state index in [0.29, 0.717) is 6.61 Å². The van der Waals surface area contributed by atoms with E-state index in [4.69, 9.17) is 15.3 Å². The van der Waals surface area contributed by atoms with E-state index in [1.165, 1.54) is 0 Å². The highest BCUT2D eigenvalue weighted by Crippen LogP contribution is 2.28. The summed E-state index contributed by atoms with van der Waals surface area (Å²) in [5, 5.41) is 15.7. The summed E-state index contributed by atoms with van der Waals surface area (Å²) in [7, 11) is 0. The molecule has 0 saturated carbocycles. The second-order valence-electron chi connectivity index (χ2n) is 4.50. The van der Waals surface area contributed by atoms with Crippen LogP contribution in [-0.2, 0) is 18.9 Å². The summed E-state index contributed by atoms with van der Waals surface area (Å²) in [5.74, 6) is -0.620. The third-order valence-corrected chi connectivity index (χ3v) is 2.48. The number of hydrogen-bond donors (Lipinski definition) is 3. The van der Waals surface area contributed by atoms with Crippen molar-refractivity contribution in [2.24, 2.45) is 0 Å². The van der Waals surface area contributed by atoms with Gasteiger partial charge in [0.15, 0.2) is 0 Å². The van der Waals surface area contributed by atoms with Crippen molar-refractivity contribution < 1.29 is 60.6 Å². The standard InChI is InChI=1S/C4H5ClF2O2.C4H4F2O2.C3H8O.C2H3ClF2O2.CH4/c5-4(6,7)3-8-1-2-9-3;5-3(6)4-7-1-2-8-4;1-2-3-4;3-2(4,5)1(6)7;/h3H,1-2H2;1-2H2;4H,2-3H2,1H3;1,6-7H;1H4.